The summed E-state index contributed by atoms with van der Waals surface area (Å²) in [6, 6.07) is 8.87. The van der Waals surface area contributed by atoms with Gasteiger partial charge in [0.2, 0.25) is 5.91 Å². The summed E-state index contributed by atoms with van der Waals surface area (Å²) in [7, 11) is -3.97. The molecule has 0 radical (unpaired) electrons. The van der Waals surface area contributed by atoms with Gasteiger partial charge in [-0.3, -0.25) is 9.52 Å². The first-order valence-electron chi connectivity index (χ1n) is 10.6. The number of rotatable bonds is 7. The molecule has 0 bridgehead atoms. The van der Waals surface area contributed by atoms with Gasteiger partial charge in [-0.05, 0) is 47.7 Å². The SMILES string of the molecule is CC(=O)N1Cc2ccc(S(=O)(=O)Nc3ccc(OCCC4CCCC4)cc3F)cc2C1. The van der Waals surface area contributed by atoms with Crippen LogP contribution >= 0.6 is 0 Å². The van der Waals surface area contributed by atoms with Gasteiger partial charge in [0.25, 0.3) is 10.0 Å². The molecule has 1 aliphatic heterocycles. The Morgan fingerprint density at radius 1 is 1.13 bits per heavy atom. The highest BCUT2D eigenvalue weighted by atomic mass is 32.2. The summed E-state index contributed by atoms with van der Waals surface area (Å²) in [5.74, 6) is 0.322. The molecule has 1 aliphatic carbocycles. The minimum absolute atomic E-state index is 0.0351. The number of amides is 1. The Kier molecular flexibility index (Phi) is 6.18. The number of nitrogens with zero attached hydrogens (tertiary/aromatic N) is 1. The van der Waals surface area contributed by atoms with Gasteiger partial charge in [0.15, 0.2) is 5.82 Å². The highest BCUT2D eigenvalue weighted by Crippen LogP contribution is 2.29. The smallest absolute Gasteiger partial charge is 0.261 e. The minimum atomic E-state index is -3.97. The largest absolute Gasteiger partial charge is 0.493 e. The predicted molar refractivity (Wildman–Crippen MR) is 116 cm³/mol. The lowest BCUT2D eigenvalue weighted by Gasteiger charge is -2.13. The molecule has 166 valence electrons. The Hall–Kier alpha value is -2.61. The number of anilines is 1. The summed E-state index contributed by atoms with van der Waals surface area (Å²) >= 11 is 0. The lowest BCUT2D eigenvalue weighted by atomic mass is 10.1. The van der Waals surface area contributed by atoms with Crippen LogP contribution in [0.5, 0.6) is 5.75 Å². The van der Waals surface area contributed by atoms with Crippen molar-refractivity contribution >= 4 is 21.6 Å². The second-order valence-electron chi connectivity index (χ2n) is 8.34. The van der Waals surface area contributed by atoms with Crippen molar-refractivity contribution in [2.75, 3.05) is 11.3 Å². The summed E-state index contributed by atoms with van der Waals surface area (Å²) < 4.78 is 48.1. The highest BCUT2D eigenvalue weighted by molar-refractivity contribution is 7.92. The van der Waals surface area contributed by atoms with Crippen molar-refractivity contribution in [3.05, 3.63) is 53.3 Å². The van der Waals surface area contributed by atoms with E-state index in [0.29, 0.717) is 31.4 Å². The van der Waals surface area contributed by atoms with E-state index in [1.54, 1.807) is 23.1 Å². The van der Waals surface area contributed by atoms with Gasteiger partial charge in [-0.1, -0.05) is 31.7 Å². The van der Waals surface area contributed by atoms with E-state index >= 15 is 0 Å². The van der Waals surface area contributed by atoms with Crippen molar-refractivity contribution in [2.24, 2.45) is 5.92 Å². The average molecular weight is 447 g/mol. The van der Waals surface area contributed by atoms with Gasteiger partial charge in [-0.2, -0.15) is 0 Å². The molecule has 0 spiro atoms. The summed E-state index contributed by atoms with van der Waals surface area (Å²) in [5.41, 5.74) is 1.57. The van der Waals surface area contributed by atoms with Crippen molar-refractivity contribution in [1.29, 1.82) is 0 Å². The van der Waals surface area contributed by atoms with Crippen LogP contribution in [-0.2, 0) is 27.9 Å². The second-order valence-corrected chi connectivity index (χ2v) is 10.0. The summed E-state index contributed by atoms with van der Waals surface area (Å²) in [4.78, 5) is 13.3. The third-order valence-corrected chi connectivity index (χ3v) is 7.47. The molecule has 1 fully saturated rings. The van der Waals surface area contributed by atoms with Crippen LogP contribution in [0.15, 0.2) is 41.3 Å². The summed E-state index contributed by atoms with van der Waals surface area (Å²) in [6.07, 6.45) is 5.96. The van der Waals surface area contributed by atoms with E-state index in [4.69, 9.17) is 4.74 Å². The Labute approximate surface area is 182 Å². The Morgan fingerprint density at radius 3 is 2.58 bits per heavy atom. The zero-order valence-corrected chi connectivity index (χ0v) is 18.4. The summed E-state index contributed by atoms with van der Waals surface area (Å²) in [6.45, 7) is 2.85. The first kappa shape index (κ1) is 21.6. The number of carbonyl (C=O) groups excluding carboxylic acids is 1. The average Bonchev–Trinajstić information content (AvgIpc) is 3.39. The molecular formula is C23H27FN2O4S. The van der Waals surface area contributed by atoms with E-state index in [9.17, 15) is 17.6 Å². The molecule has 2 aliphatic rings. The maximum atomic E-state index is 14.5. The molecule has 2 aromatic carbocycles. The normalized spacial score (nSPS) is 16.4. The third-order valence-electron chi connectivity index (χ3n) is 6.11. The van der Waals surface area contributed by atoms with E-state index in [2.05, 4.69) is 4.72 Å². The van der Waals surface area contributed by atoms with Crippen molar-refractivity contribution < 1.29 is 22.3 Å². The van der Waals surface area contributed by atoms with Gasteiger partial charge in [-0.25, -0.2) is 12.8 Å². The Balaban J connectivity index is 1.41. The molecule has 1 N–H and O–H groups in total. The number of benzene rings is 2. The molecule has 4 rings (SSSR count). The van der Waals surface area contributed by atoms with Crippen molar-refractivity contribution in [2.45, 2.75) is 57.0 Å². The van der Waals surface area contributed by atoms with E-state index in [-0.39, 0.29) is 16.5 Å². The number of fused-ring (bicyclic) bond motifs is 1. The van der Waals surface area contributed by atoms with E-state index in [1.807, 2.05) is 0 Å². The maximum Gasteiger partial charge on any atom is 0.261 e. The van der Waals surface area contributed by atoms with Crippen LogP contribution in [0, 0.1) is 11.7 Å². The minimum Gasteiger partial charge on any atom is -0.493 e. The highest BCUT2D eigenvalue weighted by Gasteiger charge is 2.24. The van der Waals surface area contributed by atoms with Crippen LogP contribution in [-0.4, -0.2) is 25.8 Å². The van der Waals surface area contributed by atoms with Gasteiger partial charge < -0.3 is 9.64 Å². The molecular weight excluding hydrogens is 419 g/mol. The first-order chi connectivity index (χ1) is 14.8. The van der Waals surface area contributed by atoms with Crippen molar-refractivity contribution in [3.8, 4) is 5.75 Å². The van der Waals surface area contributed by atoms with Gasteiger partial charge in [-0.15, -0.1) is 0 Å². The lowest BCUT2D eigenvalue weighted by molar-refractivity contribution is -0.129. The third kappa shape index (κ3) is 5.01. The van der Waals surface area contributed by atoms with Gasteiger partial charge >= 0.3 is 0 Å². The molecule has 31 heavy (non-hydrogen) atoms. The van der Waals surface area contributed by atoms with Crippen LogP contribution in [0.2, 0.25) is 0 Å². The number of hydrogen-bond acceptors (Lipinski definition) is 4. The molecule has 0 atom stereocenters. The maximum absolute atomic E-state index is 14.5. The fourth-order valence-electron chi connectivity index (χ4n) is 4.28. The van der Waals surface area contributed by atoms with Crippen LogP contribution in [0.25, 0.3) is 0 Å². The number of carbonyl (C=O) groups is 1. The fourth-order valence-corrected chi connectivity index (χ4v) is 5.39. The zero-order chi connectivity index (χ0) is 22.0. The molecule has 1 amide bonds. The number of ether oxygens (including phenoxy) is 1. The predicted octanol–water partition coefficient (Wildman–Crippen LogP) is 4.45. The monoisotopic (exact) mass is 446 g/mol. The van der Waals surface area contributed by atoms with Gasteiger partial charge in [0.1, 0.15) is 5.75 Å². The molecule has 2 aromatic rings. The number of sulfonamides is 1. The van der Waals surface area contributed by atoms with Gasteiger partial charge in [0, 0.05) is 26.1 Å². The van der Waals surface area contributed by atoms with Crippen LogP contribution < -0.4 is 9.46 Å². The van der Waals surface area contributed by atoms with E-state index in [0.717, 1.165) is 17.5 Å². The standard InChI is InChI=1S/C23H27FN2O4S/c1-16(27)26-14-18-6-8-21(12-19(18)15-26)31(28,29)25-23-9-7-20(13-22(23)24)30-11-10-17-4-2-3-5-17/h6-9,12-13,17,25H,2-5,10-11,14-15H2,1H3. The Bertz CT molecular complexity index is 1080. The number of halogens is 1. The fraction of sp³-hybridized carbons (Fsp3) is 0.435. The molecule has 0 unspecified atom stereocenters. The molecule has 1 heterocycles. The topological polar surface area (TPSA) is 75.7 Å². The zero-order valence-electron chi connectivity index (χ0n) is 17.6. The van der Waals surface area contributed by atoms with Gasteiger partial charge in [0.05, 0.1) is 17.2 Å². The Morgan fingerprint density at radius 2 is 1.87 bits per heavy atom. The van der Waals surface area contributed by atoms with Crippen molar-refractivity contribution in [1.82, 2.24) is 4.90 Å². The molecule has 0 saturated heterocycles. The molecule has 8 heteroatoms. The van der Waals surface area contributed by atoms with Crippen molar-refractivity contribution in [3.63, 3.8) is 0 Å². The van der Waals surface area contributed by atoms with Crippen LogP contribution in [0.4, 0.5) is 10.1 Å². The first-order valence-corrected chi connectivity index (χ1v) is 12.1. The van der Waals surface area contributed by atoms with E-state index in [1.165, 1.54) is 50.8 Å². The second kappa shape index (κ2) is 8.86. The molecule has 0 aromatic heterocycles. The van der Waals surface area contributed by atoms with Crippen LogP contribution in [0.1, 0.15) is 50.2 Å². The van der Waals surface area contributed by atoms with Crippen LogP contribution in [0.3, 0.4) is 0 Å². The molecule has 1 saturated carbocycles. The lowest BCUT2D eigenvalue weighted by Crippen LogP contribution is -2.21. The summed E-state index contributed by atoms with van der Waals surface area (Å²) in [5, 5.41) is 0. The number of hydrogen-bond donors (Lipinski definition) is 1. The molecule has 6 nitrogen and oxygen atoms in total. The quantitative estimate of drug-likeness (QED) is 0.682. The number of nitrogens with one attached hydrogen (secondary N) is 1. The van der Waals surface area contributed by atoms with E-state index < -0.39 is 15.8 Å².